The van der Waals surface area contributed by atoms with Gasteiger partial charge in [-0.05, 0) is 81.9 Å². The summed E-state index contributed by atoms with van der Waals surface area (Å²) in [6.45, 7) is 2.06. The Morgan fingerprint density at radius 1 is 1.00 bits per heavy atom. The fraction of sp³-hybridized carbons (Fsp3) is 0.548. The highest BCUT2D eigenvalue weighted by atomic mass is 19.4. The summed E-state index contributed by atoms with van der Waals surface area (Å²) in [5.74, 6) is -2.94. The van der Waals surface area contributed by atoms with Crippen molar-refractivity contribution >= 4 is 23.6 Å². The van der Waals surface area contributed by atoms with Gasteiger partial charge in [-0.15, -0.1) is 0 Å². The van der Waals surface area contributed by atoms with E-state index < -0.39 is 41.3 Å². The van der Waals surface area contributed by atoms with Gasteiger partial charge in [0.05, 0.1) is 42.8 Å². The van der Waals surface area contributed by atoms with Crippen molar-refractivity contribution in [2.24, 2.45) is 23.7 Å². The zero-order chi connectivity index (χ0) is 31.6. The van der Waals surface area contributed by atoms with Gasteiger partial charge in [-0.3, -0.25) is 14.4 Å². The topological polar surface area (TPSA) is 116 Å². The van der Waals surface area contributed by atoms with Crippen molar-refractivity contribution < 1.29 is 46.2 Å². The zero-order valence-corrected chi connectivity index (χ0v) is 24.4. The number of rotatable bonds is 9. The third-order valence-corrected chi connectivity index (χ3v) is 8.95. The molecule has 4 atom stereocenters. The number of alkyl halides is 3. The lowest BCUT2D eigenvalue weighted by Gasteiger charge is -2.31. The lowest BCUT2D eigenvalue weighted by atomic mass is 9.83. The fourth-order valence-electron chi connectivity index (χ4n) is 6.78. The van der Waals surface area contributed by atoms with Crippen molar-refractivity contribution in [1.82, 2.24) is 10.3 Å². The quantitative estimate of drug-likeness (QED) is 0.279. The van der Waals surface area contributed by atoms with Crippen LogP contribution in [-0.4, -0.2) is 48.6 Å². The molecular weight excluding hydrogens is 586 g/mol. The first kappa shape index (κ1) is 31.5. The number of aromatic nitrogens is 1. The maximum Gasteiger partial charge on any atom is 0.417 e. The average molecular weight is 622 g/mol. The van der Waals surface area contributed by atoms with Crippen LogP contribution in [0.3, 0.4) is 0 Å². The minimum Gasteiger partial charge on any atom is -0.496 e. The van der Waals surface area contributed by atoms with E-state index in [2.05, 4.69) is 15.6 Å². The van der Waals surface area contributed by atoms with Crippen molar-refractivity contribution in [3.8, 4) is 11.5 Å². The van der Waals surface area contributed by atoms with Crippen LogP contribution in [0.25, 0.3) is 0 Å². The van der Waals surface area contributed by atoms with Crippen molar-refractivity contribution in [3.63, 3.8) is 0 Å². The van der Waals surface area contributed by atoms with E-state index in [1.54, 1.807) is 6.92 Å². The highest BCUT2D eigenvalue weighted by Crippen LogP contribution is 2.49. The second-order valence-corrected chi connectivity index (χ2v) is 11.6. The molecule has 0 saturated heterocycles. The molecule has 0 radical (unpaired) electrons. The van der Waals surface area contributed by atoms with Crippen molar-refractivity contribution in [1.29, 1.82) is 0 Å². The molecule has 1 aromatic heterocycles. The van der Waals surface area contributed by atoms with Crippen LogP contribution in [0.1, 0.15) is 67.8 Å². The highest BCUT2D eigenvalue weighted by molar-refractivity contribution is 5.99. The molecule has 0 aliphatic heterocycles. The second-order valence-electron chi connectivity index (χ2n) is 11.6. The molecule has 3 fully saturated rings. The smallest absolute Gasteiger partial charge is 0.417 e. The number of carbonyl (C=O) groups is 3. The Kier molecular flexibility index (Phi) is 9.31. The Balaban J connectivity index is 1.27. The average Bonchev–Trinajstić information content (AvgIpc) is 3.60. The van der Waals surface area contributed by atoms with Gasteiger partial charge in [0, 0.05) is 18.3 Å². The largest absolute Gasteiger partial charge is 0.496 e. The number of hydrogen-bond acceptors (Lipinski definition) is 7. The van der Waals surface area contributed by atoms with Crippen LogP contribution in [0.5, 0.6) is 11.5 Å². The molecule has 2 N–H and O–H groups in total. The van der Waals surface area contributed by atoms with E-state index in [1.807, 2.05) is 0 Å². The first-order chi connectivity index (χ1) is 21.0. The number of amides is 2. The second kappa shape index (κ2) is 13.0. The van der Waals surface area contributed by atoms with E-state index in [0.717, 1.165) is 31.0 Å². The number of hydrogen-bond donors (Lipinski definition) is 2. The third kappa shape index (κ3) is 6.76. The Morgan fingerprint density at radius 3 is 2.36 bits per heavy atom. The molecule has 13 heteroatoms. The van der Waals surface area contributed by atoms with Crippen LogP contribution in [0, 0.1) is 29.5 Å². The monoisotopic (exact) mass is 621 g/mol. The molecular formula is C31H35F4N3O6. The number of carbonyl (C=O) groups excluding carboxylic acids is 3. The molecule has 238 valence electrons. The highest BCUT2D eigenvalue weighted by Gasteiger charge is 2.51. The molecule has 1 aromatic carbocycles. The van der Waals surface area contributed by atoms with Crippen LogP contribution >= 0.6 is 0 Å². The summed E-state index contributed by atoms with van der Waals surface area (Å²) >= 11 is 0. The molecule has 2 aromatic rings. The Hall–Kier alpha value is -3.90. The molecule has 2 bridgehead atoms. The number of nitrogens with one attached hydrogen (secondary N) is 2. The van der Waals surface area contributed by atoms with Crippen LogP contribution < -0.4 is 20.1 Å². The number of nitrogens with zero attached hydrogens (tertiary/aromatic N) is 1. The molecule has 0 unspecified atom stereocenters. The Labute approximate surface area is 252 Å². The number of benzene rings is 1. The van der Waals surface area contributed by atoms with Crippen LogP contribution in [0.4, 0.5) is 23.4 Å². The van der Waals surface area contributed by atoms with E-state index >= 15 is 4.39 Å². The Bertz CT molecular complexity index is 1380. The molecule has 3 aliphatic carbocycles. The van der Waals surface area contributed by atoms with E-state index in [0.29, 0.717) is 44.9 Å². The maximum atomic E-state index is 15.0. The van der Waals surface area contributed by atoms with E-state index in [9.17, 15) is 27.6 Å². The van der Waals surface area contributed by atoms with Gasteiger partial charge < -0.3 is 24.8 Å². The predicted molar refractivity (Wildman–Crippen MR) is 149 cm³/mol. The molecule has 9 nitrogen and oxygen atoms in total. The Morgan fingerprint density at radius 2 is 1.73 bits per heavy atom. The molecule has 5 rings (SSSR count). The number of methoxy groups -OCH3 is 1. The summed E-state index contributed by atoms with van der Waals surface area (Å²) < 4.78 is 70.0. The van der Waals surface area contributed by atoms with Gasteiger partial charge in [0.2, 0.25) is 5.91 Å². The van der Waals surface area contributed by atoms with Gasteiger partial charge in [0.1, 0.15) is 11.6 Å². The molecule has 3 aliphatic rings. The van der Waals surface area contributed by atoms with Crippen LogP contribution in [0.15, 0.2) is 30.5 Å². The number of pyridine rings is 1. The predicted octanol–water partition coefficient (Wildman–Crippen LogP) is 5.53. The van der Waals surface area contributed by atoms with E-state index in [-0.39, 0.29) is 52.7 Å². The number of esters is 1. The van der Waals surface area contributed by atoms with Crippen molar-refractivity contribution in [3.05, 3.63) is 47.4 Å². The van der Waals surface area contributed by atoms with Gasteiger partial charge in [-0.1, -0.05) is 0 Å². The lowest BCUT2D eigenvalue weighted by Crippen LogP contribution is -2.48. The summed E-state index contributed by atoms with van der Waals surface area (Å²) in [4.78, 5) is 42.7. The van der Waals surface area contributed by atoms with Crippen LogP contribution in [0.2, 0.25) is 0 Å². The molecule has 1 heterocycles. The maximum absolute atomic E-state index is 15.0. The fourth-order valence-corrected chi connectivity index (χ4v) is 6.78. The summed E-state index contributed by atoms with van der Waals surface area (Å²) in [6, 6.07) is 3.75. The number of halogens is 4. The van der Waals surface area contributed by atoms with Gasteiger partial charge in [0.15, 0.2) is 11.6 Å². The normalized spacial score (nSPS) is 26.1. The van der Waals surface area contributed by atoms with Gasteiger partial charge in [-0.2, -0.15) is 13.2 Å². The van der Waals surface area contributed by atoms with E-state index in [4.69, 9.17) is 14.2 Å². The summed E-state index contributed by atoms with van der Waals surface area (Å²) in [5, 5.41) is 5.55. The first-order valence-corrected chi connectivity index (χ1v) is 14.8. The number of ether oxygens (including phenoxy) is 3. The van der Waals surface area contributed by atoms with Crippen molar-refractivity contribution in [2.45, 2.75) is 70.2 Å². The van der Waals surface area contributed by atoms with Gasteiger partial charge in [0.25, 0.3) is 5.91 Å². The number of fused-ring (bicyclic) bond motifs is 2. The molecule has 0 spiro atoms. The molecule has 2 amide bonds. The summed E-state index contributed by atoms with van der Waals surface area (Å²) in [6.07, 6.45) is 0.192. The first-order valence-electron chi connectivity index (χ1n) is 14.8. The molecule has 3 saturated carbocycles. The van der Waals surface area contributed by atoms with Crippen molar-refractivity contribution in [2.75, 3.05) is 19.0 Å². The van der Waals surface area contributed by atoms with Gasteiger partial charge >= 0.3 is 12.1 Å². The zero-order valence-electron chi connectivity index (χ0n) is 24.4. The standard InChI is InChI=1S/C31H35F4N3O6/c1-3-43-30(41)16-6-9-20(10-7-16)44-24-13-21(23(42-2)14-22(24)32)28(39)38-27-18-5-4-17(12-18)26(27)29(40)37-25-11-8-19(15-36-25)31(33,34)35/h8,11,13-18,20,26-27H,3-7,9-10,12H2,1-2H3,(H,38,39)(H,36,37,40)/t16-,17-,18+,20+,26+,27-/m1/s1. The van der Waals surface area contributed by atoms with Crippen LogP contribution in [-0.2, 0) is 20.5 Å². The minimum absolute atomic E-state index is 0.00326. The molecule has 44 heavy (non-hydrogen) atoms. The van der Waals surface area contributed by atoms with Gasteiger partial charge in [-0.25, -0.2) is 9.37 Å². The number of anilines is 1. The minimum atomic E-state index is -4.55. The SMILES string of the molecule is CCOC(=O)[C@H]1CC[C@@H](Oc2cc(C(=O)N[C@@H]3[C@H]4CC[C@H](C4)[C@@H]3C(=O)Nc3ccc(C(F)(F)F)cn3)c(OC)cc2F)CC1. The summed E-state index contributed by atoms with van der Waals surface area (Å²) in [7, 11) is 1.31. The van der Waals surface area contributed by atoms with E-state index in [1.165, 1.54) is 13.2 Å². The third-order valence-electron chi connectivity index (χ3n) is 8.95. The summed E-state index contributed by atoms with van der Waals surface area (Å²) in [5.41, 5.74) is -0.892. The lowest BCUT2D eigenvalue weighted by molar-refractivity contribution is -0.149.